The summed E-state index contributed by atoms with van der Waals surface area (Å²) in [5.41, 5.74) is 0. The molecule has 0 aromatic carbocycles. The van der Waals surface area contributed by atoms with Gasteiger partial charge in [-0.25, -0.2) is 0 Å². The van der Waals surface area contributed by atoms with E-state index in [1.54, 1.807) is 0 Å². The van der Waals surface area contributed by atoms with E-state index in [4.69, 9.17) is 9.47 Å². The minimum atomic E-state index is -0.321. The van der Waals surface area contributed by atoms with E-state index in [-0.39, 0.29) is 18.0 Å². The molecule has 1 fully saturated rings. The molecule has 1 aliphatic rings. The molecule has 0 bridgehead atoms. The molecule has 1 rings (SSSR count). The van der Waals surface area contributed by atoms with Crippen molar-refractivity contribution in [1.82, 2.24) is 0 Å². The van der Waals surface area contributed by atoms with E-state index in [9.17, 15) is 0 Å². The summed E-state index contributed by atoms with van der Waals surface area (Å²) >= 11 is 0. The highest BCUT2D eigenvalue weighted by Crippen LogP contribution is 2.30. The largest absolute Gasteiger partial charge is 0.345 e. The monoisotopic (exact) mass is 174 g/mol. The van der Waals surface area contributed by atoms with Gasteiger partial charge in [0.1, 0.15) is 0 Å². The lowest BCUT2D eigenvalue weighted by atomic mass is 10.2. The van der Waals surface area contributed by atoms with Crippen LogP contribution >= 0.6 is 0 Å². The van der Waals surface area contributed by atoms with Crippen LogP contribution in [0.25, 0.3) is 0 Å². The Kier molecular flexibility index (Phi) is 4.80. The molecule has 1 saturated heterocycles. The quantitative estimate of drug-likeness (QED) is 0.608. The van der Waals surface area contributed by atoms with Crippen molar-refractivity contribution in [1.29, 1.82) is 0 Å². The van der Waals surface area contributed by atoms with Crippen molar-refractivity contribution in [3.05, 3.63) is 0 Å². The Morgan fingerprint density at radius 3 is 1.58 bits per heavy atom. The Labute approximate surface area is 76.3 Å². The smallest absolute Gasteiger partial charge is 0.166 e. The van der Waals surface area contributed by atoms with Crippen molar-refractivity contribution in [2.24, 2.45) is 0 Å². The molecule has 2 atom stereocenters. The van der Waals surface area contributed by atoms with Crippen molar-refractivity contribution >= 4 is 0 Å². The number of ether oxygens (including phenoxy) is 2. The average Bonchev–Trinajstić information content (AvgIpc) is 2.32. The van der Waals surface area contributed by atoms with Crippen LogP contribution in [0.15, 0.2) is 0 Å². The summed E-state index contributed by atoms with van der Waals surface area (Å²) in [6.07, 6.45) is 1.40. The van der Waals surface area contributed by atoms with Gasteiger partial charge in [-0.2, -0.15) is 0 Å². The maximum atomic E-state index is 5.59. The summed E-state index contributed by atoms with van der Waals surface area (Å²) in [6.45, 7) is 12.2. The van der Waals surface area contributed by atoms with Gasteiger partial charge in [0, 0.05) is 0 Å². The summed E-state index contributed by atoms with van der Waals surface area (Å²) < 4.78 is 11.2. The van der Waals surface area contributed by atoms with Crippen LogP contribution in [0.4, 0.5) is 0 Å². The zero-order valence-corrected chi connectivity index (χ0v) is 9.18. The summed E-state index contributed by atoms with van der Waals surface area (Å²) in [7, 11) is 0. The first-order chi connectivity index (χ1) is 5.57. The molecule has 2 nitrogen and oxygen atoms in total. The second-order valence-electron chi connectivity index (χ2n) is 3.13. The van der Waals surface area contributed by atoms with Gasteiger partial charge in [0.25, 0.3) is 0 Å². The Balaban J connectivity index is 0.000000561. The first kappa shape index (κ1) is 11.9. The SMILES string of the molecule is CC.CCC1(C)OC(C)C(C)O1. The molecule has 0 N–H and O–H groups in total. The maximum Gasteiger partial charge on any atom is 0.166 e. The van der Waals surface area contributed by atoms with Crippen LogP contribution in [0.2, 0.25) is 0 Å². The van der Waals surface area contributed by atoms with E-state index >= 15 is 0 Å². The molecule has 12 heavy (non-hydrogen) atoms. The molecule has 0 aliphatic carbocycles. The highest BCUT2D eigenvalue weighted by Gasteiger charge is 2.38. The predicted octanol–water partition coefficient (Wildman–Crippen LogP) is 2.96. The molecule has 0 aromatic rings. The van der Waals surface area contributed by atoms with Crippen LogP contribution in [0.5, 0.6) is 0 Å². The van der Waals surface area contributed by atoms with E-state index < -0.39 is 0 Å². The van der Waals surface area contributed by atoms with E-state index in [0.29, 0.717) is 0 Å². The maximum absolute atomic E-state index is 5.59. The molecule has 0 radical (unpaired) electrons. The molecular formula is C10H22O2. The van der Waals surface area contributed by atoms with Crippen LogP contribution in [-0.2, 0) is 9.47 Å². The molecule has 0 aromatic heterocycles. The Morgan fingerprint density at radius 1 is 1.08 bits per heavy atom. The highest BCUT2D eigenvalue weighted by atomic mass is 16.7. The molecule has 74 valence electrons. The number of hydrogen-bond acceptors (Lipinski definition) is 2. The average molecular weight is 174 g/mol. The predicted molar refractivity (Wildman–Crippen MR) is 51.1 cm³/mol. The molecule has 2 heteroatoms. The van der Waals surface area contributed by atoms with E-state index in [1.807, 2.05) is 34.6 Å². The molecular weight excluding hydrogens is 152 g/mol. The zero-order valence-electron chi connectivity index (χ0n) is 9.18. The molecule has 0 spiro atoms. The van der Waals surface area contributed by atoms with Crippen LogP contribution in [0, 0.1) is 0 Å². The highest BCUT2D eigenvalue weighted by molar-refractivity contribution is 4.76. The first-order valence-electron chi connectivity index (χ1n) is 4.93. The van der Waals surface area contributed by atoms with Crippen molar-refractivity contribution < 1.29 is 9.47 Å². The van der Waals surface area contributed by atoms with E-state index in [0.717, 1.165) is 6.42 Å². The van der Waals surface area contributed by atoms with Gasteiger partial charge in [0.15, 0.2) is 5.79 Å². The Bertz CT molecular complexity index is 113. The van der Waals surface area contributed by atoms with Crippen LogP contribution < -0.4 is 0 Å². The van der Waals surface area contributed by atoms with Crippen LogP contribution in [0.1, 0.15) is 48.0 Å². The summed E-state index contributed by atoms with van der Waals surface area (Å²) in [5, 5.41) is 0. The van der Waals surface area contributed by atoms with Gasteiger partial charge >= 0.3 is 0 Å². The van der Waals surface area contributed by atoms with Gasteiger partial charge < -0.3 is 9.47 Å². The van der Waals surface area contributed by atoms with Gasteiger partial charge in [-0.1, -0.05) is 20.8 Å². The molecule has 0 saturated carbocycles. The lowest BCUT2D eigenvalue weighted by Crippen LogP contribution is -2.24. The fourth-order valence-corrected chi connectivity index (χ4v) is 1.17. The van der Waals surface area contributed by atoms with Crippen molar-refractivity contribution in [3.8, 4) is 0 Å². The third-order valence-electron chi connectivity index (χ3n) is 2.17. The third-order valence-corrected chi connectivity index (χ3v) is 2.17. The second-order valence-corrected chi connectivity index (χ2v) is 3.13. The Hall–Kier alpha value is -0.0800. The fourth-order valence-electron chi connectivity index (χ4n) is 1.17. The summed E-state index contributed by atoms with van der Waals surface area (Å²) in [5.74, 6) is -0.321. The number of rotatable bonds is 1. The standard InChI is InChI=1S/C8H16O2.C2H6/c1-5-8(4)9-6(2)7(3)10-8;1-2/h6-7H,5H2,1-4H3;1-2H3. The zero-order chi connectivity index (χ0) is 9.78. The molecule has 1 aliphatic heterocycles. The van der Waals surface area contributed by atoms with Gasteiger partial charge in [-0.05, 0) is 27.2 Å². The summed E-state index contributed by atoms with van der Waals surface area (Å²) in [6, 6.07) is 0. The first-order valence-corrected chi connectivity index (χ1v) is 4.93. The van der Waals surface area contributed by atoms with Gasteiger partial charge in [0.05, 0.1) is 12.2 Å². The topological polar surface area (TPSA) is 18.5 Å². The van der Waals surface area contributed by atoms with Crippen molar-refractivity contribution in [2.45, 2.75) is 66.0 Å². The van der Waals surface area contributed by atoms with Crippen molar-refractivity contribution in [3.63, 3.8) is 0 Å². The Morgan fingerprint density at radius 2 is 1.42 bits per heavy atom. The second kappa shape index (κ2) is 4.83. The normalized spacial score (nSPS) is 40.5. The van der Waals surface area contributed by atoms with E-state index in [2.05, 4.69) is 6.92 Å². The lowest BCUT2D eigenvalue weighted by molar-refractivity contribution is -0.160. The van der Waals surface area contributed by atoms with Gasteiger partial charge in [0.2, 0.25) is 0 Å². The minimum absolute atomic E-state index is 0.241. The van der Waals surface area contributed by atoms with E-state index in [1.165, 1.54) is 0 Å². The third kappa shape index (κ3) is 2.76. The van der Waals surface area contributed by atoms with Crippen molar-refractivity contribution in [2.75, 3.05) is 0 Å². The molecule has 1 heterocycles. The van der Waals surface area contributed by atoms with Crippen LogP contribution in [-0.4, -0.2) is 18.0 Å². The minimum Gasteiger partial charge on any atom is -0.345 e. The fraction of sp³-hybridized carbons (Fsp3) is 1.00. The number of hydrogen-bond donors (Lipinski definition) is 0. The van der Waals surface area contributed by atoms with Gasteiger partial charge in [-0.3, -0.25) is 0 Å². The molecule has 0 amide bonds. The lowest BCUT2D eigenvalue weighted by Gasteiger charge is -2.20. The summed E-state index contributed by atoms with van der Waals surface area (Å²) in [4.78, 5) is 0. The molecule has 2 unspecified atom stereocenters. The van der Waals surface area contributed by atoms with Gasteiger partial charge in [-0.15, -0.1) is 0 Å². The van der Waals surface area contributed by atoms with Crippen LogP contribution in [0.3, 0.4) is 0 Å².